The van der Waals surface area contributed by atoms with Crippen LogP contribution in [-0.4, -0.2) is 17.7 Å². The molecular formula is C14H17O3P. The molecule has 1 aromatic carbocycles. The predicted octanol–water partition coefficient (Wildman–Crippen LogP) is 3.45. The number of ketones is 2. The molecule has 96 valence electrons. The summed E-state index contributed by atoms with van der Waals surface area (Å²) in [6, 6.07) is 7.30. The molecule has 1 rings (SSSR count). The van der Waals surface area contributed by atoms with E-state index in [1.54, 1.807) is 26.0 Å². The van der Waals surface area contributed by atoms with Crippen LogP contribution < -0.4 is 0 Å². The Morgan fingerprint density at radius 2 is 1.72 bits per heavy atom. The van der Waals surface area contributed by atoms with Crippen LogP contribution in [0, 0.1) is 12.3 Å². The molecule has 0 atom stereocenters. The van der Waals surface area contributed by atoms with Gasteiger partial charge in [0.25, 0.3) is 0 Å². The number of hydrogen-bond acceptors (Lipinski definition) is 3. The van der Waals surface area contributed by atoms with Gasteiger partial charge in [-0.15, -0.1) is 0 Å². The molecule has 1 aromatic rings. The highest BCUT2D eigenvalue weighted by Gasteiger charge is 2.30. The minimum Gasteiger partial charge on any atom is -0.299 e. The molecule has 0 amide bonds. The summed E-state index contributed by atoms with van der Waals surface area (Å²) in [5.74, 6) is -0.212. The molecule has 0 spiro atoms. The fourth-order valence-corrected chi connectivity index (χ4v) is 2.05. The summed E-state index contributed by atoms with van der Waals surface area (Å²) >= 11 is 0. The zero-order chi connectivity index (χ0) is 13.8. The third-order valence-electron chi connectivity index (χ3n) is 2.81. The number of hydrogen-bond donors (Lipinski definition) is 0. The standard InChI is InChI=1S/C14H17O3P/c1-10-4-6-11(7-5-10)13(16)14(2,3)8-12(15)9-18-17/h4-7H,8-9H2,1-3H3. The molecule has 0 aliphatic rings. The van der Waals surface area contributed by atoms with E-state index >= 15 is 0 Å². The maximum atomic E-state index is 12.3. The van der Waals surface area contributed by atoms with Crippen LogP contribution in [0.15, 0.2) is 24.3 Å². The van der Waals surface area contributed by atoms with Crippen LogP contribution in [0.2, 0.25) is 0 Å². The molecule has 0 heterocycles. The lowest BCUT2D eigenvalue weighted by molar-refractivity contribution is -0.118. The number of Topliss-reactive ketones (excluding diaryl/α,β-unsaturated/α-hetero) is 2. The van der Waals surface area contributed by atoms with Gasteiger partial charge in [-0.3, -0.25) is 14.2 Å². The highest BCUT2D eigenvalue weighted by Crippen LogP contribution is 2.27. The number of carbonyl (C=O) groups excluding carboxylic acids is 2. The van der Waals surface area contributed by atoms with Gasteiger partial charge < -0.3 is 0 Å². The van der Waals surface area contributed by atoms with Crippen molar-refractivity contribution in [3.8, 4) is 0 Å². The summed E-state index contributed by atoms with van der Waals surface area (Å²) < 4.78 is 10.4. The van der Waals surface area contributed by atoms with Gasteiger partial charge >= 0.3 is 0 Å². The van der Waals surface area contributed by atoms with Crippen molar-refractivity contribution in [3.05, 3.63) is 35.4 Å². The van der Waals surface area contributed by atoms with Crippen molar-refractivity contribution in [1.29, 1.82) is 0 Å². The van der Waals surface area contributed by atoms with Crippen LogP contribution in [0.25, 0.3) is 0 Å². The number of rotatable bonds is 6. The van der Waals surface area contributed by atoms with E-state index in [4.69, 9.17) is 0 Å². The molecule has 0 saturated heterocycles. The van der Waals surface area contributed by atoms with Crippen LogP contribution in [0.3, 0.4) is 0 Å². The van der Waals surface area contributed by atoms with E-state index in [1.807, 2.05) is 19.1 Å². The minimum absolute atomic E-state index is 0.0232. The Bertz CT molecular complexity index is 460. The summed E-state index contributed by atoms with van der Waals surface area (Å²) in [5, 5.41) is 0. The van der Waals surface area contributed by atoms with Gasteiger partial charge in [0.2, 0.25) is 0 Å². The molecule has 0 aromatic heterocycles. The van der Waals surface area contributed by atoms with Crippen molar-refractivity contribution in [3.63, 3.8) is 0 Å². The van der Waals surface area contributed by atoms with Crippen molar-refractivity contribution < 1.29 is 14.2 Å². The SMILES string of the molecule is Cc1ccc(C(=O)C(C)(C)CC(=O)CP=O)cc1. The number of aryl methyl sites for hydroxylation is 1. The summed E-state index contributed by atoms with van der Waals surface area (Å²) in [6.07, 6.45) is 0.0968. The summed E-state index contributed by atoms with van der Waals surface area (Å²) in [7, 11) is -0.190. The highest BCUT2D eigenvalue weighted by atomic mass is 31.1. The molecule has 0 saturated carbocycles. The van der Waals surface area contributed by atoms with Crippen molar-refractivity contribution in [2.75, 3.05) is 6.16 Å². The van der Waals surface area contributed by atoms with Crippen molar-refractivity contribution in [2.24, 2.45) is 5.41 Å². The Kier molecular flexibility index (Phi) is 4.92. The van der Waals surface area contributed by atoms with Crippen molar-refractivity contribution in [1.82, 2.24) is 0 Å². The molecule has 0 fully saturated rings. The Balaban J connectivity index is 2.84. The zero-order valence-corrected chi connectivity index (χ0v) is 11.8. The first-order chi connectivity index (χ1) is 8.36. The van der Waals surface area contributed by atoms with Gasteiger partial charge in [0.05, 0.1) is 6.16 Å². The zero-order valence-electron chi connectivity index (χ0n) is 10.9. The first-order valence-corrected chi connectivity index (χ1v) is 6.79. The van der Waals surface area contributed by atoms with Crippen LogP contribution in [0.4, 0.5) is 0 Å². The first kappa shape index (κ1) is 14.7. The van der Waals surface area contributed by atoms with Gasteiger partial charge in [-0.05, 0) is 6.92 Å². The van der Waals surface area contributed by atoms with E-state index in [-0.39, 0.29) is 32.6 Å². The predicted molar refractivity (Wildman–Crippen MR) is 71.4 cm³/mol. The molecule has 0 aliphatic carbocycles. The molecule has 0 N–H and O–H groups in total. The maximum absolute atomic E-state index is 12.3. The summed E-state index contributed by atoms with van der Waals surface area (Å²) in [6.45, 7) is 5.44. The van der Waals surface area contributed by atoms with E-state index in [0.29, 0.717) is 5.56 Å². The minimum atomic E-state index is -0.753. The quantitative estimate of drug-likeness (QED) is 0.584. The van der Waals surface area contributed by atoms with Crippen molar-refractivity contribution >= 4 is 20.0 Å². The fourth-order valence-electron chi connectivity index (χ4n) is 1.80. The molecule has 0 radical (unpaired) electrons. The Labute approximate surface area is 109 Å². The largest absolute Gasteiger partial charge is 0.299 e. The van der Waals surface area contributed by atoms with Gasteiger partial charge in [-0.2, -0.15) is 0 Å². The second kappa shape index (κ2) is 6.01. The fraction of sp³-hybridized carbons (Fsp3) is 0.429. The van der Waals surface area contributed by atoms with E-state index < -0.39 is 5.41 Å². The van der Waals surface area contributed by atoms with E-state index in [2.05, 4.69) is 0 Å². The Morgan fingerprint density at radius 3 is 2.22 bits per heavy atom. The summed E-state index contributed by atoms with van der Waals surface area (Å²) in [4.78, 5) is 23.8. The molecule has 4 heteroatoms. The second-order valence-electron chi connectivity index (χ2n) is 5.08. The van der Waals surface area contributed by atoms with Crippen LogP contribution in [0.5, 0.6) is 0 Å². The lowest BCUT2D eigenvalue weighted by atomic mass is 9.80. The molecule has 0 unspecified atom stereocenters. The van der Waals surface area contributed by atoms with Gasteiger partial charge in [-0.25, -0.2) is 0 Å². The maximum Gasteiger partial charge on any atom is 0.168 e. The van der Waals surface area contributed by atoms with Crippen molar-refractivity contribution in [2.45, 2.75) is 27.2 Å². The van der Waals surface area contributed by atoms with Crippen LogP contribution in [0.1, 0.15) is 36.2 Å². The lowest BCUT2D eigenvalue weighted by Gasteiger charge is -2.21. The third-order valence-corrected chi connectivity index (χ3v) is 3.29. The smallest absolute Gasteiger partial charge is 0.168 e. The van der Waals surface area contributed by atoms with Crippen LogP contribution in [-0.2, 0) is 9.36 Å². The lowest BCUT2D eigenvalue weighted by Crippen LogP contribution is -2.28. The Hall–Kier alpha value is -1.34. The Morgan fingerprint density at radius 1 is 1.17 bits per heavy atom. The normalized spacial score (nSPS) is 11.5. The first-order valence-electron chi connectivity index (χ1n) is 5.79. The van der Waals surface area contributed by atoms with Crippen LogP contribution >= 0.6 is 8.46 Å². The van der Waals surface area contributed by atoms with Gasteiger partial charge in [0.15, 0.2) is 14.2 Å². The van der Waals surface area contributed by atoms with Gasteiger partial charge in [0.1, 0.15) is 5.78 Å². The monoisotopic (exact) mass is 264 g/mol. The van der Waals surface area contributed by atoms with E-state index in [0.717, 1.165) is 5.56 Å². The third kappa shape index (κ3) is 3.85. The second-order valence-corrected chi connectivity index (χ2v) is 5.66. The highest BCUT2D eigenvalue weighted by molar-refractivity contribution is 7.25. The number of carbonyl (C=O) groups is 2. The molecule has 18 heavy (non-hydrogen) atoms. The average molecular weight is 264 g/mol. The summed E-state index contributed by atoms with van der Waals surface area (Å²) in [5.41, 5.74) is 0.945. The van der Waals surface area contributed by atoms with Gasteiger partial charge in [0, 0.05) is 17.4 Å². The average Bonchev–Trinajstić information content (AvgIpc) is 2.28. The molecular weight excluding hydrogens is 247 g/mol. The topological polar surface area (TPSA) is 51.2 Å². The molecule has 0 bridgehead atoms. The van der Waals surface area contributed by atoms with Gasteiger partial charge in [-0.1, -0.05) is 43.7 Å². The number of benzene rings is 1. The van der Waals surface area contributed by atoms with E-state index in [1.165, 1.54) is 0 Å². The molecule has 0 aliphatic heterocycles. The molecule has 3 nitrogen and oxygen atoms in total. The van der Waals surface area contributed by atoms with E-state index in [9.17, 15) is 14.2 Å².